The molecule has 4 rings (SSSR count). The molecule has 5 nitrogen and oxygen atoms in total. The molecule has 0 aliphatic heterocycles. The molecule has 0 aliphatic carbocycles. The fourth-order valence-corrected chi connectivity index (χ4v) is 3.06. The van der Waals surface area contributed by atoms with Gasteiger partial charge in [-0.15, -0.1) is 0 Å². The second kappa shape index (κ2) is 8.06. The van der Waals surface area contributed by atoms with E-state index < -0.39 is 0 Å². The molecule has 0 bridgehead atoms. The van der Waals surface area contributed by atoms with Crippen LogP contribution in [-0.4, -0.2) is 16.3 Å². The van der Waals surface area contributed by atoms with Gasteiger partial charge in [0.1, 0.15) is 36.6 Å². The third kappa shape index (κ3) is 4.21. The van der Waals surface area contributed by atoms with Gasteiger partial charge in [-0.2, -0.15) is 0 Å². The Morgan fingerprint density at radius 3 is 2.76 bits per heavy atom. The molecule has 0 saturated carbocycles. The number of anilines is 2. The number of carbonyl (C=O) groups excluding carboxylic acids is 1. The van der Waals surface area contributed by atoms with E-state index in [4.69, 9.17) is 4.74 Å². The summed E-state index contributed by atoms with van der Waals surface area (Å²) in [6.07, 6.45) is 2.28. The van der Waals surface area contributed by atoms with Gasteiger partial charge in [0, 0.05) is 16.6 Å². The molecule has 3 aromatic carbocycles. The van der Waals surface area contributed by atoms with Crippen molar-refractivity contribution in [1.82, 2.24) is 9.97 Å². The molecule has 0 spiro atoms. The average Bonchev–Trinajstić information content (AvgIpc) is 2.73. The van der Waals surface area contributed by atoms with Crippen LogP contribution < -0.4 is 10.1 Å². The number of aldehydes is 1. The fourth-order valence-electron chi connectivity index (χ4n) is 3.06. The highest BCUT2D eigenvalue weighted by molar-refractivity contribution is 5.94. The summed E-state index contributed by atoms with van der Waals surface area (Å²) >= 11 is 0. The Kier molecular flexibility index (Phi) is 5.16. The number of nitrogens with zero attached hydrogens (tertiary/aromatic N) is 2. The van der Waals surface area contributed by atoms with Crippen LogP contribution >= 0.6 is 0 Å². The zero-order valence-electron chi connectivity index (χ0n) is 15.7. The number of aromatic nitrogens is 2. The number of carbonyl (C=O) groups is 1. The molecule has 6 heteroatoms. The van der Waals surface area contributed by atoms with Crippen LogP contribution in [0.1, 0.15) is 21.5 Å². The van der Waals surface area contributed by atoms with Crippen molar-refractivity contribution in [3.8, 4) is 5.75 Å². The molecule has 1 aromatic heterocycles. The van der Waals surface area contributed by atoms with Crippen LogP contribution in [0.5, 0.6) is 5.75 Å². The SMILES string of the molecule is Cc1cc(Nc2ncnc3ccc(C=O)cc23)ccc1OCc1cccc(F)c1. The quantitative estimate of drug-likeness (QED) is 0.460. The minimum absolute atomic E-state index is 0.280. The van der Waals surface area contributed by atoms with Gasteiger partial charge in [0.2, 0.25) is 0 Å². The molecule has 144 valence electrons. The van der Waals surface area contributed by atoms with Gasteiger partial charge in [-0.25, -0.2) is 14.4 Å². The minimum atomic E-state index is -0.280. The van der Waals surface area contributed by atoms with Crippen molar-refractivity contribution in [3.05, 3.63) is 89.5 Å². The van der Waals surface area contributed by atoms with Crippen LogP contribution in [0.3, 0.4) is 0 Å². The van der Waals surface area contributed by atoms with E-state index in [1.807, 2.05) is 31.2 Å². The maximum atomic E-state index is 13.3. The highest BCUT2D eigenvalue weighted by atomic mass is 19.1. The smallest absolute Gasteiger partial charge is 0.150 e. The lowest BCUT2D eigenvalue weighted by Gasteiger charge is -2.13. The Morgan fingerprint density at radius 2 is 1.97 bits per heavy atom. The lowest BCUT2D eigenvalue weighted by molar-refractivity contribution is 0.112. The molecule has 0 radical (unpaired) electrons. The maximum absolute atomic E-state index is 13.3. The molecule has 0 aliphatic rings. The van der Waals surface area contributed by atoms with E-state index >= 15 is 0 Å². The summed E-state index contributed by atoms with van der Waals surface area (Å²) in [7, 11) is 0. The monoisotopic (exact) mass is 387 g/mol. The number of hydrogen-bond donors (Lipinski definition) is 1. The number of benzene rings is 3. The van der Waals surface area contributed by atoms with Gasteiger partial charge < -0.3 is 10.1 Å². The van der Waals surface area contributed by atoms with Gasteiger partial charge in [-0.1, -0.05) is 12.1 Å². The molecule has 29 heavy (non-hydrogen) atoms. The summed E-state index contributed by atoms with van der Waals surface area (Å²) in [5, 5.41) is 4.04. The highest BCUT2D eigenvalue weighted by Crippen LogP contribution is 2.27. The summed E-state index contributed by atoms with van der Waals surface area (Å²) < 4.78 is 19.1. The molecule has 0 amide bonds. The van der Waals surface area contributed by atoms with Crippen molar-refractivity contribution in [2.75, 3.05) is 5.32 Å². The minimum Gasteiger partial charge on any atom is -0.489 e. The van der Waals surface area contributed by atoms with Gasteiger partial charge in [0.25, 0.3) is 0 Å². The molecule has 0 saturated heterocycles. The second-order valence-electron chi connectivity index (χ2n) is 6.64. The van der Waals surface area contributed by atoms with Crippen LogP contribution in [0.15, 0.2) is 67.0 Å². The molecule has 4 aromatic rings. The Morgan fingerprint density at radius 1 is 1.07 bits per heavy atom. The Bertz CT molecular complexity index is 1190. The Balaban J connectivity index is 1.54. The number of halogens is 1. The molecular weight excluding hydrogens is 369 g/mol. The summed E-state index contributed by atoms with van der Waals surface area (Å²) in [6, 6.07) is 17.3. The molecule has 0 unspecified atom stereocenters. The molecule has 1 N–H and O–H groups in total. The van der Waals surface area contributed by atoms with E-state index in [0.29, 0.717) is 11.4 Å². The summed E-state index contributed by atoms with van der Waals surface area (Å²) in [5.41, 5.74) is 3.84. The zero-order chi connectivity index (χ0) is 20.2. The van der Waals surface area contributed by atoms with Gasteiger partial charge in [-0.3, -0.25) is 4.79 Å². The van der Waals surface area contributed by atoms with Gasteiger partial charge in [0.05, 0.1) is 5.52 Å². The standard InChI is InChI=1S/C23H18FN3O2/c1-15-9-19(6-8-22(15)29-13-17-3-2-4-18(24)10-17)27-23-20-11-16(12-28)5-7-21(20)25-14-26-23/h2-12,14H,13H2,1H3,(H,25,26,27). The van der Waals surface area contributed by atoms with E-state index in [9.17, 15) is 9.18 Å². The predicted octanol–water partition coefficient (Wildman–Crippen LogP) is 5.21. The van der Waals surface area contributed by atoms with Crippen LogP contribution in [0, 0.1) is 12.7 Å². The first-order valence-electron chi connectivity index (χ1n) is 9.07. The van der Waals surface area contributed by atoms with E-state index in [0.717, 1.165) is 39.8 Å². The van der Waals surface area contributed by atoms with Crippen LogP contribution in [-0.2, 0) is 6.61 Å². The first-order valence-corrected chi connectivity index (χ1v) is 9.07. The maximum Gasteiger partial charge on any atom is 0.150 e. The number of aryl methyl sites for hydroxylation is 1. The molecular formula is C23H18FN3O2. The van der Waals surface area contributed by atoms with E-state index in [1.165, 1.54) is 18.5 Å². The number of ether oxygens (including phenoxy) is 1. The lowest BCUT2D eigenvalue weighted by atomic mass is 10.1. The van der Waals surface area contributed by atoms with Crippen LogP contribution in [0.25, 0.3) is 10.9 Å². The topological polar surface area (TPSA) is 64.1 Å². The van der Waals surface area contributed by atoms with E-state index in [2.05, 4.69) is 15.3 Å². The Hall–Kier alpha value is -3.80. The van der Waals surface area contributed by atoms with Crippen molar-refractivity contribution < 1.29 is 13.9 Å². The number of nitrogens with one attached hydrogen (secondary N) is 1. The predicted molar refractivity (Wildman–Crippen MR) is 110 cm³/mol. The molecule has 1 heterocycles. The van der Waals surface area contributed by atoms with Crippen molar-refractivity contribution in [1.29, 1.82) is 0 Å². The van der Waals surface area contributed by atoms with Gasteiger partial charge in [0.15, 0.2) is 0 Å². The van der Waals surface area contributed by atoms with Crippen LogP contribution in [0.2, 0.25) is 0 Å². The summed E-state index contributed by atoms with van der Waals surface area (Å²) in [4.78, 5) is 19.6. The summed E-state index contributed by atoms with van der Waals surface area (Å²) in [5.74, 6) is 1.05. The largest absolute Gasteiger partial charge is 0.489 e. The van der Waals surface area contributed by atoms with Crippen molar-refractivity contribution in [2.45, 2.75) is 13.5 Å². The summed E-state index contributed by atoms with van der Waals surface area (Å²) in [6.45, 7) is 2.23. The fraction of sp³-hybridized carbons (Fsp3) is 0.0870. The third-order valence-electron chi connectivity index (χ3n) is 4.52. The average molecular weight is 387 g/mol. The van der Waals surface area contributed by atoms with E-state index in [-0.39, 0.29) is 12.4 Å². The number of rotatable bonds is 6. The normalized spacial score (nSPS) is 10.7. The van der Waals surface area contributed by atoms with Crippen molar-refractivity contribution in [2.24, 2.45) is 0 Å². The lowest BCUT2D eigenvalue weighted by Crippen LogP contribution is -2.00. The van der Waals surface area contributed by atoms with Crippen molar-refractivity contribution >= 4 is 28.7 Å². The molecule has 0 atom stereocenters. The highest BCUT2D eigenvalue weighted by Gasteiger charge is 2.08. The van der Waals surface area contributed by atoms with Crippen molar-refractivity contribution in [3.63, 3.8) is 0 Å². The number of hydrogen-bond acceptors (Lipinski definition) is 5. The second-order valence-corrected chi connectivity index (χ2v) is 6.64. The first-order chi connectivity index (χ1) is 14.1. The van der Waals surface area contributed by atoms with Crippen LogP contribution in [0.4, 0.5) is 15.9 Å². The zero-order valence-corrected chi connectivity index (χ0v) is 15.7. The van der Waals surface area contributed by atoms with E-state index in [1.54, 1.807) is 24.3 Å². The van der Waals surface area contributed by atoms with Gasteiger partial charge in [-0.05, 0) is 66.6 Å². The third-order valence-corrected chi connectivity index (χ3v) is 4.52. The number of fused-ring (bicyclic) bond motifs is 1. The molecule has 0 fully saturated rings. The first kappa shape index (κ1) is 18.6. The Labute approximate surface area is 167 Å². The van der Waals surface area contributed by atoms with Gasteiger partial charge >= 0.3 is 0 Å².